The van der Waals surface area contributed by atoms with Crippen molar-refractivity contribution in [2.45, 2.75) is 26.2 Å². The van der Waals surface area contributed by atoms with Crippen LogP contribution in [-0.2, 0) is 12.8 Å². The minimum absolute atomic E-state index is 0.0661. The van der Waals surface area contributed by atoms with Crippen molar-refractivity contribution in [1.82, 2.24) is 15.2 Å². The second kappa shape index (κ2) is 7.64. The Morgan fingerprint density at radius 3 is 2.93 bits per heavy atom. The van der Waals surface area contributed by atoms with Gasteiger partial charge in [-0.25, -0.2) is 0 Å². The first-order valence-corrected chi connectivity index (χ1v) is 9.36. The Kier molecular flexibility index (Phi) is 4.89. The Balaban J connectivity index is 1.49. The minimum Gasteiger partial charge on any atom is -0.321 e. The van der Waals surface area contributed by atoms with E-state index in [4.69, 9.17) is 0 Å². The highest BCUT2D eigenvalue weighted by molar-refractivity contribution is 6.07. The zero-order chi connectivity index (χ0) is 19.5. The zero-order valence-electron chi connectivity index (χ0n) is 15.6. The fourth-order valence-electron chi connectivity index (χ4n) is 3.41. The summed E-state index contributed by atoms with van der Waals surface area (Å²) in [6.07, 6.45) is 5.82. The number of hydrogen-bond acceptors (Lipinski definition) is 4. The SMILES string of the molecule is CCCc1cc(C(=O)Nc2ccc3c(c2)CCN3C(=O)c2cccnc2)n[nH]1. The maximum absolute atomic E-state index is 12.7. The lowest BCUT2D eigenvalue weighted by molar-refractivity contribution is 0.0987. The molecule has 4 rings (SSSR count). The second-order valence-corrected chi connectivity index (χ2v) is 6.77. The number of H-pyrrole nitrogens is 1. The predicted molar refractivity (Wildman–Crippen MR) is 107 cm³/mol. The highest BCUT2D eigenvalue weighted by Gasteiger charge is 2.26. The smallest absolute Gasteiger partial charge is 0.276 e. The number of anilines is 2. The van der Waals surface area contributed by atoms with Crippen molar-refractivity contribution in [1.29, 1.82) is 0 Å². The van der Waals surface area contributed by atoms with Crippen LogP contribution in [0.1, 0.15) is 45.4 Å². The van der Waals surface area contributed by atoms with E-state index in [9.17, 15) is 9.59 Å². The molecule has 0 fully saturated rings. The summed E-state index contributed by atoms with van der Waals surface area (Å²) in [5, 5.41) is 9.85. The third-order valence-electron chi connectivity index (χ3n) is 4.77. The fourth-order valence-corrected chi connectivity index (χ4v) is 3.41. The van der Waals surface area contributed by atoms with Crippen molar-refractivity contribution < 1.29 is 9.59 Å². The van der Waals surface area contributed by atoms with E-state index in [2.05, 4.69) is 27.4 Å². The molecule has 142 valence electrons. The van der Waals surface area contributed by atoms with Crippen molar-refractivity contribution in [3.05, 3.63) is 71.3 Å². The van der Waals surface area contributed by atoms with Crippen LogP contribution in [0, 0.1) is 0 Å². The van der Waals surface area contributed by atoms with Crippen LogP contribution >= 0.6 is 0 Å². The number of benzene rings is 1. The van der Waals surface area contributed by atoms with E-state index in [-0.39, 0.29) is 11.8 Å². The van der Waals surface area contributed by atoms with Gasteiger partial charge in [0.15, 0.2) is 5.69 Å². The van der Waals surface area contributed by atoms with E-state index in [0.29, 0.717) is 23.5 Å². The number of nitrogens with one attached hydrogen (secondary N) is 2. The van der Waals surface area contributed by atoms with Crippen LogP contribution in [0.3, 0.4) is 0 Å². The van der Waals surface area contributed by atoms with E-state index in [0.717, 1.165) is 36.2 Å². The van der Waals surface area contributed by atoms with Gasteiger partial charge in [-0.15, -0.1) is 0 Å². The van der Waals surface area contributed by atoms with Crippen LogP contribution in [0.5, 0.6) is 0 Å². The molecule has 0 atom stereocenters. The zero-order valence-corrected chi connectivity index (χ0v) is 15.6. The van der Waals surface area contributed by atoms with E-state index < -0.39 is 0 Å². The molecule has 28 heavy (non-hydrogen) atoms. The van der Waals surface area contributed by atoms with Crippen LogP contribution in [-0.4, -0.2) is 33.5 Å². The second-order valence-electron chi connectivity index (χ2n) is 6.77. The monoisotopic (exact) mass is 375 g/mol. The van der Waals surface area contributed by atoms with E-state index >= 15 is 0 Å². The van der Waals surface area contributed by atoms with Gasteiger partial charge in [-0.05, 0) is 54.8 Å². The lowest BCUT2D eigenvalue weighted by Crippen LogP contribution is -2.28. The minimum atomic E-state index is -0.250. The molecule has 0 unspecified atom stereocenters. The number of pyridine rings is 1. The molecule has 3 aromatic rings. The first-order valence-electron chi connectivity index (χ1n) is 9.36. The van der Waals surface area contributed by atoms with Crippen molar-refractivity contribution in [3.63, 3.8) is 0 Å². The summed E-state index contributed by atoms with van der Waals surface area (Å²) in [5.74, 6) is -0.316. The van der Waals surface area contributed by atoms with Gasteiger partial charge in [0.2, 0.25) is 0 Å². The molecular formula is C21H21N5O2. The number of amides is 2. The Morgan fingerprint density at radius 2 is 2.14 bits per heavy atom. The fraction of sp³-hybridized carbons (Fsp3) is 0.238. The first kappa shape index (κ1) is 17.9. The van der Waals surface area contributed by atoms with Crippen molar-refractivity contribution in [2.24, 2.45) is 0 Å². The number of aromatic amines is 1. The molecule has 0 saturated carbocycles. The third-order valence-corrected chi connectivity index (χ3v) is 4.77. The van der Waals surface area contributed by atoms with Gasteiger partial charge >= 0.3 is 0 Å². The van der Waals surface area contributed by atoms with Crippen molar-refractivity contribution >= 4 is 23.2 Å². The molecule has 0 bridgehead atoms. The number of aryl methyl sites for hydroxylation is 1. The number of rotatable bonds is 5. The van der Waals surface area contributed by atoms with Gasteiger partial charge in [0.05, 0.1) is 5.56 Å². The van der Waals surface area contributed by atoms with Crippen LogP contribution in [0.15, 0.2) is 48.8 Å². The van der Waals surface area contributed by atoms with Gasteiger partial charge in [-0.1, -0.05) is 13.3 Å². The Bertz CT molecular complexity index is 1010. The number of carbonyl (C=O) groups excluding carboxylic acids is 2. The van der Waals surface area contributed by atoms with Crippen LogP contribution in [0.2, 0.25) is 0 Å². The van der Waals surface area contributed by atoms with Crippen LogP contribution < -0.4 is 10.2 Å². The molecule has 0 saturated heterocycles. The molecule has 0 spiro atoms. The number of nitrogens with zero attached hydrogens (tertiary/aromatic N) is 3. The van der Waals surface area contributed by atoms with Crippen molar-refractivity contribution in [2.75, 3.05) is 16.8 Å². The van der Waals surface area contributed by atoms with Gasteiger partial charge in [0, 0.05) is 36.0 Å². The van der Waals surface area contributed by atoms with Gasteiger partial charge < -0.3 is 10.2 Å². The summed E-state index contributed by atoms with van der Waals surface area (Å²) in [4.78, 5) is 30.9. The Hall–Kier alpha value is -3.48. The predicted octanol–water partition coefficient (Wildman–Crippen LogP) is 3.21. The molecule has 7 nitrogen and oxygen atoms in total. The molecule has 3 heterocycles. The molecular weight excluding hydrogens is 354 g/mol. The number of carbonyl (C=O) groups is 2. The molecule has 1 aromatic carbocycles. The first-order chi connectivity index (χ1) is 13.7. The van der Waals surface area contributed by atoms with Crippen LogP contribution in [0.4, 0.5) is 11.4 Å². The number of fused-ring (bicyclic) bond motifs is 1. The summed E-state index contributed by atoms with van der Waals surface area (Å²) in [6, 6.07) is 10.9. The molecule has 2 aromatic heterocycles. The third kappa shape index (κ3) is 3.51. The van der Waals surface area contributed by atoms with Crippen LogP contribution in [0.25, 0.3) is 0 Å². The maximum Gasteiger partial charge on any atom is 0.276 e. The number of hydrogen-bond donors (Lipinski definition) is 2. The van der Waals surface area contributed by atoms with E-state index in [1.165, 1.54) is 0 Å². The molecule has 1 aliphatic rings. The summed E-state index contributed by atoms with van der Waals surface area (Å²) in [5.41, 5.74) is 4.48. The molecule has 0 radical (unpaired) electrons. The average molecular weight is 375 g/mol. The summed E-state index contributed by atoms with van der Waals surface area (Å²) < 4.78 is 0. The van der Waals surface area contributed by atoms with Gasteiger partial charge in [0.25, 0.3) is 11.8 Å². The molecule has 2 amide bonds. The van der Waals surface area contributed by atoms with Gasteiger partial charge in [-0.3, -0.25) is 19.7 Å². The molecule has 1 aliphatic heterocycles. The van der Waals surface area contributed by atoms with Gasteiger partial charge in [0.1, 0.15) is 0 Å². The molecule has 0 aliphatic carbocycles. The lowest BCUT2D eigenvalue weighted by atomic mass is 10.1. The topological polar surface area (TPSA) is 91.0 Å². The van der Waals surface area contributed by atoms with E-state index in [1.807, 2.05) is 18.2 Å². The largest absolute Gasteiger partial charge is 0.321 e. The van der Waals surface area contributed by atoms with Gasteiger partial charge in [-0.2, -0.15) is 5.10 Å². The summed E-state index contributed by atoms with van der Waals surface area (Å²) >= 11 is 0. The summed E-state index contributed by atoms with van der Waals surface area (Å²) in [6.45, 7) is 2.69. The average Bonchev–Trinajstić information content (AvgIpc) is 3.35. The standard InChI is InChI=1S/C21H21N5O2/c1-2-4-17-12-18(25-24-17)20(27)23-16-6-7-19-14(11-16)8-10-26(19)21(28)15-5-3-9-22-13-15/h3,5-7,9,11-13H,2,4,8,10H2,1H3,(H,23,27)(H,24,25). The molecule has 2 N–H and O–H groups in total. The lowest BCUT2D eigenvalue weighted by Gasteiger charge is -2.17. The maximum atomic E-state index is 12.7. The number of aromatic nitrogens is 3. The highest BCUT2D eigenvalue weighted by Crippen LogP contribution is 2.31. The Labute approximate surface area is 162 Å². The van der Waals surface area contributed by atoms with Crippen molar-refractivity contribution in [3.8, 4) is 0 Å². The van der Waals surface area contributed by atoms with E-state index in [1.54, 1.807) is 35.5 Å². The highest BCUT2D eigenvalue weighted by atomic mass is 16.2. The quantitative estimate of drug-likeness (QED) is 0.716. The Morgan fingerprint density at radius 1 is 1.25 bits per heavy atom. The summed E-state index contributed by atoms with van der Waals surface area (Å²) in [7, 11) is 0. The normalized spacial score (nSPS) is 12.7. The molecule has 7 heteroatoms.